The number of nitriles is 1. The van der Waals surface area contributed by atoms with Crippen LogP contribution in [0, 0.1) is 11.3 Å². The second-order valence-corrected chi connectivity index (χ2v) is 5.47. The summed E-state index contributed by atoms with van der Waals surface area (Å²) in [6.45, 7) is 2.44. The van der Waals surface area contributed by atoms with Crippen LogP contribution in [-0.4, -0.2) is 31.3 Å². The molecule has 1 heterocycles. The average molecular weight is 342 g/mol. The Morgan fingerprint density at radius 1 is 1.54 bits per heavy atom. The van der Waals surface area contributed by atoms with E-state index in [1.165, 1.54) is 19.1 Å². The molecule has 130 valence electrons. The molecule has 1 fully saturated rings. The molecule has 0 saturated carbocycles. The van der Waals surface area contributed by atoms with Crippen molar-refractivity contribution in [1.82, 2.24) is 0 Å². The van der Waals surface area contributed by atoms with Crippen molar-refractivity contribution in [2.45, 2.75) is 38.1 Å². The Morgan fingerprint density at radius 3 is 2.88 bits per heavy atom. The summed E-state index contributed by atoms with van der Waals surface area (Å²) >= 11 is 0. The summed E-state index contributed by atoms with van der Waals surface area (Å²) in [5, 5.41) is 11.1. The second kappa shape index (κ2) is 7.64. The SMILES string of the molecule is C[C@H](OC[C@@H]1CCCO1)C(=O)Nc1ccc(C#N)c(C(F)(F)F)c1. The summed E-state index contributed by atoms with van der Waals surface area (Å²) in [5.74, 6) is -0.564. The lowest BCUT2D eigenvalue weighted by Gasteiger charge is -2.17. The standard InChI is InChI=1S/C16H17F3N2O3/c1-10(24-9-13-3-2-6-23-13)15(22)21-12-5-4-11(8-20)14(7-12)16(17,18)19/h4-5,7,10,13H,2-3,6,9H2,1H3,(H,21,22)/t10-,13-/m0/s1. The van der Waals surface area contributed by atoms with Crippen molar-refractivity contribution in [2.75, 3.05) is 18.5 Å². The van der Waals surface area contributed by atoms with Gasteiger partial charge in [-0.25, -0.2) is 0 Å². The molecule has 1 aliphatic heterocycles. The van der Waals surface area contributed by atoms with Crippen LogP contribution in [-0.2, 0) is 20.4 Å². The normalized spacial score (nSPS) is 18.9. The van der Waals surface area contributed by atoms with E-state index in [0.29, 0.717) is 6.61 Å². The van der Waals surface area contributed by atoms with Gasteiger partial charge >= 0.3 is 6.18 Å². The summed E-state index contributed by atoms with van der Waals surface area (Å²) in [7, 11) is 0. The van der Waals surface area contributed by atoms with Crippen molar-refractivity contribution in [3.8, 4) is 6.07 Å². The molecule has 1 aromatic carbocycles. The van der Waals surface area contributed by atoms with Crippen LogP contribution < -0.4 is 5.32 Å². The first kappa shape index (κ1) is 18.2. The lowest BCUT2D eigenvalue weighted by atomic mass is 10.1. The number of alkyl halides is 3. The third-order valence-electron chi connectivity index (χ3n) is 3.64. The Hall–Kier alpha value is -2.11. The van der Waals surface area contributed by atoms with Crippen molar-refractivity contribution < 1.29 is 27.4 Å². The predicted molar refractivity (Wildman–Crippen MR) is 79.2 cm³/mol. The van der Waals surface area contributed by atoms with Gasteiger partial charge in [0.1, 0.15) is 6.10 Å². The lowest BCUT2D eigenvalue weighted by molar-refractivity contribution is -0.137. The fourth-order valence-corrected chi connectivity index (χ4v) is 2.30. The molecule has 0 aliphatic carbocycles. The van der Waals surface area contributed by atoms with Gasteiger partial charge in [0.25, 0.3) is 5.91 Å². The number of anilines is 1. The summed E-state index contributed by atoms with van der Waals surface area (Å²) in [6, 6.07) is 4.50. The first-order chi connectivity index (χ1) is 11.3. The van der Waals surface area contributed by atoms with Gasteiger partial charge in [-0.05, 0) is 38.0 Å². The largest absolute Gasteiger partial charge is 0.417 e. The molecule has 24 heavy (non-hydrogen) atoms. The fourth-order valence-electron chi connectivity index (χ4n) is 2.30. The van der Waals surface area contributed by atoms with Crippen molar-refractivity contribution in [2.24, 2.45) is 0 Å². The van der Waals surface area contributed by atoms with Gasteiger partial charge in [-0.1, -0.05) is 0 Å². The molecule has 1 aliphatic rings. The first-order valence-electron chi connectivity index (χ1n) is 7.46. The van der Waals surface area contributed by atoms with Crippen LogP contribution in [0.25, 0.3) is 0 Å². The van der Waals surface area contributed by atoms with Crippen LogP contribution in [0.5, 0.6) is 0 Å². The van der Waals surface area contributed by atoms with E-state index in [1.54, 1.807) is 0 Å². The third kappa shape index (κ3) is 4.69. The van der Waals surface area contributed by atoms with Crippen LogP contribution in [0.2, 0.25) is 0 Å². The van der Waals surface area contributed by atoms with Crippen LogP contribution >= 0.6 is 0 Å². The number of nitrogens with zero attached hydrogens (tertiary/aromatic N) is 1. The topological polar surface area (TPSA) is 71.3 Å². The lowest BCUT2D eigenvalue weighted by Crippen LogP contribution is -2.30. The molecule has 0 radical (unpaired) electrons. The molecule has 5 nitrogen and oxygen atoms in total. The van der Waals surface area contributed by atoms with Gasteiger partial charge in [-0.2, -0.15) is 18.4 Å². The highest BCUT2D eigenvalue weighted by molar-refractivity contribution is 5.94. The number of hydrogen-bond acceptors (Lipinski definition) is 4. The highest BCUT2D eigenvalue weighted by Gasteiger charge is 2.34. The minimum atomic E-state index is -4.67. The van der Waals surface area contributed by atoms with Crippen molar-refractivity contribution in [3.63, 3.8) is 0 Å². The maximum atomic E-state index is 12.9. The van der Waals surface area contributed by atoms with Gasteiger partial charge in [0.15, 0.2) is 0 Å². The smallest absolute Gasteiger partial charge is 0.376 e. The molecule has 1 N–H and O–H groups in total. The maximum Gasteiger partial charge on any atom is 0.417 e. The van der Waals surface area contributed by atoms with Crippen LogP contribution in [0.4, 0.5) is 18.9 Å². The van der Waals surface area contributed by atoms with Gasteiger partial charge in [-0.15, -0.1) is 0 Å². The van der Waals surface area contributed by atoms with Crippen molar-refractivity contribution in [1.29, 1.82) is 5.26 Å². The predicted octanol–water partition coefficient (Wildman–Crippen LogP) is 3.10. The Bertz CT molecular complexity index is 634. The second-order valence-electron chi connectivity index (χ2n) is 5.47. The fraction of sp³-hybridized carbons (Fsp3) is 0.500. The average Bonchev–Trinajstić information content (AvgIpc) is 3.05. The number of rotatable bonds is 5. The van der Waals surface area contributed by atoms with Gasteiger partial charge in [-0.3, -0.25) is 4.79 Å². The van der Waals surface area contributed by atoms with E-state index in [1.807, 2.05) is 0 Å². The number of ether oxygens (including phenoxy) is 2. The number of amides is 1. The number of benzene rings is 1. The number of carbonyl (C=O) groups excluding carboxylic acids is 1. The van der Waals surface area contributed by atoms with E-state index in [-0.39, 0.29) is 18.4 Å². The molecule has 0 bridgehead atoms. The van der Waals surface area contributed by atoms with E-state index in [9.17, 15) is 18.0 Å². The summed E-state index contributed by atoms with van der Waals surface area (Å²) in [5.41, 5.74) is -1.63. The molecule has 1 saturated heterocycles. The van der Waals surface area contributed by atoms with Crippen LogP contribution in [0.15, 0.2) is 18.2 Å². The zero-order valence-corrected chi connectivity index (χ0v) is 13.0. The van der Waals surface area contributed by atoms with E-state index >= 15 is 0 Å². The summed E-state index contributed by atoms with van der Waals surface area (Å²) in [6.07, 6.45) is -3.75. The first-order valence-corrected chi connectivity index (χ1v) is 7.46. The van der Waals surface area contributed by atoms with Gasteiger partial charge in [0.05, 0.1) is 29.9 Å². The van der Waals surface area contributed by atoms with E-state index in [4.69, 9.17) is 14.7 Å². The number of halogens is 3. The Morgan fingerprint density at radius 2 is 2.29 bits per heavy atom. The number of nitrogens with one attached hydrogen (secondary N) is 1. The Balaban J connectivity index is 1.99. The Labute approximate surface area is 137 Å². The van der Waals surface area contributed by atoms with Gasteiger partial charge < -0.3 is 14.8 Å². The molecule has 0 unspecified atom stereocenters. The molecular weight excluding hydrogens is 325 g/mol. The van der Waals surface area contributed by atoms with Gasteiger partial charge in [0.2, 0.25) is 0 Å². The van der Waals surface area contributed by atoms with Crippen molar-refractivity contribution in [3.05, 3.63) is 29.3 Å². The number of carbonyl (C=O) groups is 1. The zero-order chi connectivity index (χ0) is 17.7. The molecular formula is C16H17F3N2O3. The van der Waals surface area contributed by atoms with Gasteiger partial charge in [0, 0.05) is 12.3 Å². The summed E-state index contributed by atoms with van der Waals surface area (Å²) in [4.78, 5) is 12.0. The number of hydrogen-bond donors (Lipinski definition) is 1. The highest BCUT2D eigenvalue weighted by Crippen LogP contribution is 2.33. The monoisotopic (exact) mass is 342 g/mol. The molecule has 1 aromatic rings. The minimum absolute atomic E-state index is 0.0427. The van der Waals surface area contributed by atoms with E-state index < -0.39 is 29.3 Å². The Kier molecular flexibility index (Phi) is 5.80. The molecule has 2 atom stereocenters. The zero-order valence-electron chi connectivity index (χ0n) is 13.0. The minimum Gasteiger partial charge on any atom is -0.376 e. The quantitative estimate of drug-likeness (QED) is 0.892. The highest BCUT2D eigenvalue weighted by atomic mass is 19.4. The summed E-state index contributed by atoms with van der Waals surface area (Å²) < 4.78 is 49.5. The van der Waals surface area contributed by atoms with Crippen LogP contribution in [0.3, 0.4) is 0 Å². The maximum absolute atomic E-state index is 12.9. The molecule has 1 amide bonds. The van der Waals surface area contributed by atoms with Crippen molar-refractivity contribution >= 4 is 11.6 Å². The third-order valence-corrected chi connectivity index (χ3v) is 3.64. The van der Waals surface area contributed by atoms with E-state index in [2.05, 4.69) is 5.32 Å². The van der Waals surface area contributed by atoms with Crippen LogP contribution in [0.1, 0.15) is 30.9 Å². The molecule has 2 rings (SSSR count). The molecule has 0 spiro atoms. The van der Waals surface area contributed by atoms with E-state index in [0.717, 1.165) is 25.0 Å². The molecule has 0 aromatic heterocycles. The molecule has 8 heteroatoms.